The highest BCUT2D eigenvalue weighted by Gasteiger charge is 2.53. The van der Waals surface area contributed by atoms with Gasteiger partial charge in [-0.15, -0.1) is 24.2 Å². The topological polar surface area (TPSA) is 59.9 Å². The van der Waals surface area contributed by atoms with Crippen LogP contribution in [0.25, 0.3) is 0 Å². The number of carbonyl (C=O) groups excluding carboxylic acids is 1. The summed E-state index contributed by atoms with van der Waals surface area (Å²) in [6.45, 7) is 1.25. The van der Waals surface area contributed by atoms with Crippen molar-refractivity contribution in [3.8, 4) is 11.5 Å². The third-order valence-corrected chi connectivity index (χ3v) is 7.31. The van der Waals surface area contributed by atoms with E-state index in [0.717, 1.165) is 41.5 Å². The molecule has 1 aromatic carbocycles. The Morgan fingerprint density at radius 1 is 1.32 bits per heavy atom. The lowest BCUT2D eigenvalue weighted by Gasteiger charge is -2.38. The standard InChI is InChI=1S/C21H24N2O3S.ClH/c1-25-15-7-6-14(18(11-15)26-2)12-23-20(24)16-13-27-21-9-4-3-5-19(21)22-10-8-17(16)21;/h3-7,9,11,16-17H,8,10,12-13H2,1-2H3,(H,23,24);1H. The van der Waals surface area contributed by atoms with E-state index >= 15 is 0 Å². The van der Waals surface area contributed by atoms with Gasteiger partial charge in [0, 0.05) is 30.5 Å². The number of halogens is 1. The number of ether oxygens (including phenoxy) is 2. The van der Waals surface area contributed by atoms with Gasteiger partial charge in [-0.1, -0.05) is 18.2 Å². The largest absolute Gasteiger partial charge is 0.497 e. The van der Waals surface area contributed by atoms with Crippen LogP contribution in [0.4, 0.5) is 0 Å². The molecule has 1 saturated heterocycles. The van der Waals surface area contributed by atoms with E-state index in [1.165, 1.54) is 0 Å². The van der Waals surface area contributed by atoms with Crippen LogP contribution in [-0.2, 0) is 11.3 Å². The summed E-state index contributed by atoms with van der Waals surface area (Å²) in [4.78, 5) is 17.7. The number of carbonyl (C=O) groups is 1. The fourth-order valence-corrected chi connectivity index (χ4v) is 6.02. The van der Waals surface area contributed by atoms with Crippen molar-refractivity contribution in [2.24, 2.45) is 16.8 Å². The molecule has 0 aromatic heterocycles. The molecule has 4 rings (SSSR count). The second-order valence-corrected chi connectivity index (χ2v) is 8.28. The molecule has 1 N–H and O–H groups in total. The molecule has 3 unspecified atom stereocenters. The SMILES string of the molecule is COc1ccc(CNC(=O)C2CSC34C=CC=CC3=NCCC24)c(OC)c1.Cl. The lowest BCUT2D eigenvalue weighted by Crippen LogP contribution is -2.46. The molecule has 0 saturated carbocycles. The van der Waals surface area contributed by atoms with Crippen molar-refractivity contribution >= 4 is 35.8 Å². The molecular formula is C21H25ClN2O3S. The van der Waals surface area contributed by atoms with Gasteiger partial charge in [-0.2, -0.15) is 0 Å². The highest BCUT2D eigenvalue weighted by molar-refractivity contribution is 8.02. The van der Waals surface area contributed by atoms with Crippen molar-refractivity contribution in [1.29, 1.82) is 0 Å². The van der Waals surface area contributed by atoms with Crippen LogP contribution in [0.3, 0.4) is 0 Å². The van der Waals surface area contributed by atoms with Gasteiger partial charge in [0.1, 0.15) is 11.5 Å². The van der Waals surface area contributed by atoms with Crippen LogP contribution >= 0.6 is 24.2 Å². The predicted octanol–water partition coefficient (Wildman–Crippen LogP) is 3.43. The van der Waals surface area contributed by atoms with Crippen molar-refractivity contribution in [3.05, 3.63) is 48.1 Å². The third-order valence-electron chi connectivity index (χ3n) is 5.65. The first-order valence-corrected chi connectivity index (χ1v) is 10.2. The first kappa shape index (κ1) is 20.8. The van der Waals surface area contributed by atoms with Gasteiger partial charge in [-0.3, -0.25) is 9.79 Å². The van der Waals surface area contributed by atoms with E-state index < -0.39 is 0 Å². The first-order valence-electron chi connectivity index (χ1n) is 9.21. The molecule has 1 fully saturated rings. The molecule has 3 atom stereocenters. The maximum absolute atomic E-state index is 13.0. The number of nitrogens with zero attached hydrogens (tertiary/aromatic N) is 1. The Hall–Kier alpha value is -1.92. The van der Waals surface area contributed by atoms with Gasteiger partial charge in [-0.25, -0.2) is 0 Å². The highest BCUT2D eigenvalue weighted by Crippen LogP contribution is 2.52. The summed E-state index contributed by atoms with van der Waals surface area (Å²) in [6.07, 6.45) is 9.42. The maximum atomic E-state index is 13.0. The van der Waals surface area contributed by atoms with Crippen LogP contribution in [0.5, 0.6) is 11.5 Å². The number of amides is 1. The predicted molar refractivity (Wildman–Crippen MR) is 116 cm³/mol. The maximum Gasteiger partial charge on any atom is 0.224 e. The molecule has 0 radical (unpaired) electrons. The molecule has 1 spiro atoms. The van der Waals surface area contributed by atoms with Gasteiger partial charge in [0.25, 0.3) is 0 Å². The summed E-state index contributed by atoms with van der Waals surface area (Å²) in [5.74, 6) is 2.70. The molecule has 3 aliphatic rings. The number of hydrogen-bond donors (Lipinski definition) is 1. The van der Waals surface area contributed by atoms with Gasteiger partial charge in [-0.05, 0) is 30.5 Å². The van der Waals surface area contributed by atoms with Crippen molar-refractivity contribution in [2.45, 2.75) is 17.7 Å². The number of allylic oxidation sites excluding steroid dienone is 3. The minimum atomic E-state index is -0.118. The second-order valence-electron chi connectivity index (χ2n) is 6.99. The smallest absolute Gasteiger partial charge is 0.224 e. The molecule has 1 aromatic rings. The Bertz CT molecular complexity index is 839. The number of thioether (sulfide) groups is 1. The summed E-state index contributed by atoms with van der Waals surface area (Å²) in [5.41, 5.74) is 2.07. The summed E-state index contributed by atoms with van der Waals surface area (Å²) in [7, 11) is 3.25. The van der Waals surface area contributed by atoms with Crippen LogP contribution in [0.15, 0.2) is 47.5 Å². The minimum Gasteiger partial charge on any atom is -0.497 e. The van der Waals surface area contributed by atoms with Crippen LogP contribution in [0.1, 0.15) is 12.0 Å². The highest BCUT2D eigenvalue weighted by atomic mass is 35.5. The van der Waals surface area contributed by atoms with Crippen molar-refractivity contribution < 1.29 is 14.3 Å². The van der Waals surface area contributed by atoms with Crippen LogP contribution in [-0.4, -0.2) is 42.9 Å². The normalized spacial score (nSPS) is 27.1. The van der Waals surface area contributed by atoms with Crippen molar-refractivity contribution in [3.63, 3.8) is 0 Å². The van der Waals surface area contributed by atoms with E-state index in [1.807, 2.05) is 36.0 Å². The quantitative estimate of drug-likeness (QED) is 0.792. The molecular weight excluding hydrogens is 396 g/mol. The van der Waals surface area contributed by atoms with Gasteiger partial charge < -0.3 is 14.8 Å². The zero-order valence-electron chi connectivity index (χ0n) is 16.0. The van der Waals surface area contributed by atoms with Crippen LogP contribution in [0, 0.1) is 11.8 Å². The average molecular weight is 421 g/mol. The summed E-state index contributed by atoms with van der Waals surface area (Å²) >= 11 is 1.86. The monoisotopic (exact) mass is 420 g/mol. The first-order chi connectivity index (χ1) is 13.2. The summed E-state index contributed by atoms with van der Waals surface area (Å²) in [5, 5.41) is 3.12. The van der Waals surface area contributed by atoms with Gasteiger partial charge in [0.05, 0.1) is 30.6 Å². The molecule has 1 amide bonds. The number of aliphatic imine (C=N–C) groups is 1. The van der Waals surface area contributed by atoms with E-state index in [9.17, 15) is 4.79 Å². The Labute approximate surface area is 176 Å². The fraction of sp³-hybridized carbons (Fsp3) is 0.429. The van der Waals surface area contributed by atoms with E-state index in [-0.39, 0.29) is 29.0 Å². The van der Waals surface area contributed by atoms with Crippen LogP contribution in [0.2, 0.25) is 0 Å². The Morgan fingerprint density at radius 2 is 2.18 bits per heavy atom. The molecule has 0 bridgehead atoms. The van der Waals surface area contributed by atoms with Gasteiger partial charge in [0.2, 0.25) is 5.91 Å². The lowest BCUT2D eigenvalue weighted by atomic mass is 9.74. The Morgan fingerprint density at radius 3 is 2.96 bits per heavy atom. The molecule has 5 nitrogen and oxygen atoms in total. The summed E-state index contributed by atoms with van der Waals surface area (Å²) < 4.78 is 10.5. The van der Waals surface area contributed by atoms with E-state index in [1.54, 1.807) is 14.2 Å². The minimum absolute atomic E-state index is 0. The van der Waals surface area contributed by atoms with Crippen molar-refractivity contribution in [1.82, 2.24) is 5.32 Å². The molecule has 7 heteroatoms. The number of methoxy groups -OCH3 is 2. The zero-order chi connectivity index (χ0) is 18.9. The van der Waals surface area contributed by atoms with Gasteiger partial charge >= 0.3 is 0 Å². The second kappa shape index (κ2) is 8.62. The Kier molecular flexibility index (Phi) is 6.40. The molecule has 28 heavy (non-hydrogen) atoms. The lowest BCUT2D eigenvalue weighted by molar-refractivity contribution is -0.125. The Balaban J connectivity index is 0.00000225. The van der Waals surface area contributed by atoms with Gasteiger partial charge in [0.15, 0.2) is 0 Å². The van der Waals surface area contributed by atoms with Crippen molar-refractivity contribution in [2.75, 3.05) is 26.5 Å². The summed E-state index contributed by atoms with van der Waals surface area (Å²) in [6, 6.07) is 5.65. The number of rotatable bonds is 5. The number of hydrogen-bond acceptors (Lipinski definition) is 5. The zero-order valence-corrected chi connectivity index (χ0v) is 17.6. The van der Waals surface area contributed by atoms with Crippen LogP contribution < -0.4 is 14.8 Å². The number of nitrogens with one attached hydrogen (secondary N) is 1. The third kappa shape index (κ3) is 3.55. The fourth-order valence-electron chi connectivity index (χ4n) is 4.23. The van der Waals surface area contributed by atoms with E-state index in [2.05, 4.69) is 23.5 Å². The number of benzene rings is 1. The average Bonchev–Trinajstić information content (AvgIpc) is 3.10. The van der Waals surface area contributed by atoms with E-state index in [4.69, 9.17) is 14.5 Å². The molecule has 150 valence electrons. The molecule has 2 heterocycles. The van der Waals surface area contributed by atoms with E-state index in [0.29, 0.717) is 12.5 Å². The molecule has 2 aliphatic heterocycles. The molecule has 1 aliphatic carbocycles.